The van der Waals surface area contributed by atoms with Crippen molar-refractivity contribution in [1.82, 2.24) is 4.37 Å². The van der Waals surface area contributed by atoms with E-state index in [-0.39, 0.29) is 5.78 Å². The Labute approximate surface area is 74.3 Å². The van der Waals surface area contributed by atoms with Crippen LogP contribution in [0, 0.1) is 0 Å². The van der Waals surface area contributed by atoms with Crippen molar-refractivity contribution < 1.29 is 14.3 Å². The molecule has 5 heteroatoms. The number of hydrogen-bond acceptors (Lipinski definition) is 5. The number of rotatable bonds is 3. The van der Waals surface area contributed by atoms with Gasteiger partial charge in [-0.2, -0.15) is 4.37 Å². The Hall–Kier alpha value is -1.10. The summed E-state index contributed by atoms with van der Waals surface area (Å²) in [5.41, 5.74) is 0.421. The summed E-state index contributed by atoms with van der Waals surface area (Å²) < 4.78 is 13.7. The second-order valence-corrected chi connectivity index (χ2v) is 2.85. The van der Waals surface area contributed by atoms with Crippen LogP contribution in [0.3, 0.4) is 0 Å². The number of ketones is 1. The molecule has 0 aliphatic heterocycles. The highest BCUT2D eigenvalue weighted by atomic mass is 32.1. The molecule has 1 aromatic rings. The van der Waals surface area contributed by atoms with Crippen LogP contribution in [0.5, 0.6) is 10.9 Å². The van der Waals surface area contributed by atoms with Crippen LogP contribution in [0.1, 0.15) is 17.3 Å². The average molecular weight is 187 g/mol. The minimum Gasteiger partial charge on any atom is -0.486 e. The largest absolute Gasteiger partial charge is 0.486 e. The summed E-state index contributed by atoms with van der Waals surface area (Å²) in [6, 6.07) is 0. The number of carbonyl (C=O) groups is 1. The van der Waals surface area contributed by atoms with Gasteiger partial charge in [0.15, 0.2) is 5.78 Å². The lowest BCUT2D eigenvalue weighted by atomic mass is 10.2. The number of methoxy groups -OCH3 is 2. The maximum atomic E-state index is 11.1. The molecule has 0 fully saturated rings. The normalized spacial score (nSPS) is 9.58. The van der Waals surface area contributed by atoms with Gasteiger partial charge >= 0.3 is 0 Å². The summed E-state index contributed by atoms with van der Waals surface area (Å²) in [5, 5.41) is 0.499. The van der Waals surface area contributed by atoms with Crippen molar-refractivity contribution in [3.63, 3.8) is 0 Å². The fraction of sp³-hybridized carbons (Fsp3) is 0.429. The maximum absolute atomic E-state index is 11.1. The van der Waals surface area contributed by atoms with Crippen LogP contribution in [-0.2, 0) is 0 Å². The van der Waals surface area contributed by atoms with Gasteiger partial charge in [0.05, 0.1) is 14.2 Å². The van der Waals surface area contributed by atoms with Crippen LogP contribution in [0.25, 0.3) is 0 Å². The molecular weight excluding hydrogens is 178 g/mol. The van der Waals surface area contributed by atoms with Gasteiger partial charge < -0.3 is 9.47 Å². The summed E-state index contributed by atoms with van der Waals surface area (Å²) in [6.45, 7) is 1.45. The van der Waals surface area contributed by atoms with Crippen molar-refractivity contribution in [2.24, 2.45) is 0 Å². The van der Waals surface area contributed by atoms with E-state index in [0.717, 1.165) is 11.5 Å². The Morgan fingerprint density at radius 2 is 2.08 bits per heavy atom. The minimum absolute atomic E-state index is 0.0996. The first kappa shape index (κ1) is 8.99. The Kier molecular flexibility index (Phi) is 2.65. The van der Waals surface area contributed by atoms with E-state index in [2.05, 4.69) is 4.37 Å². The van der Waals surface area contributed by atoms with E-state index in [4.69, 9.17) is 9.47 Å². The molecule has 0 spiro atoms. The maximum Gasteiger partial charge on any atom is 0.239 e. The standard InChI is InChI=1S/C7H9NO3S/c1-4(9)5-6(10-2)8-12-7(5)11-3/h1-3H3. The lowest BCUT2D eigenvalue weighted by Crippen LogP contribution is -1.97. The van der Waals surface area contributed by atoms with Crippen molar-refractivity contribution in [1.29, 1.82) is 0 Å². The molecule has 0 amide bonds. The molecule has 0 saturated heterocycles. The van der Waals surface area contributed by atoms with E-state index in [0.29, 0.717) is 16.5 Å². The molecule has 1 heterocycles. The molecule has 0 radical (unpaired) electrons. The van der Waals surface area contributed by atoms with Crippen LogP contribution < -0.4 is 9.47 Å². The van der Waals surface area contributed by atoms with E-state index in [1.54, 1.807) is 0 Å². The van der Waals surface area contributed by atoms with E-state index in [1.165, 1.54) is 21.1 Å². The molecule has 12 heavy (non-hydrogen) atoms. The topological polar surface area (TPSA) is 48.4 Å². The van der Waals surface area contributed by atoms with Crippen LogP contribution in [-0.4, -0.2) is 24.4 Å². The van der Waals surface area contributed by atoms with E-state index in [9.17, 15) is 4.79 Å². The monoisotopic (exact) mass is 187 g/mol. The molecule has 0 aliphatic carbocycles. The van der Waals surface area contributed by atoms with Gasteiger partial charge in [0.2, 0.25) is 10.9 Å². The average Bonchev–Trinajstić information content (AvgIpc) is 2.46. The van der Waals surface area contributed by atoms with Gasteiger partial charge in [0.1, 0.15) is 5.56 Å². The predicted molar refractivity (Wildman–Crippen MR) is 45.2 cm³/mol. The molecular formula is C7H9NO3S. The zero-order valence-electron chi connectivity index (χ0n) is 7.08. The molecule has 1 rings (SSSR count). The first-order chi connectivity index (χ1) is 5.70. The molecule has 0 atom stereocenters. The number of carbonyl (C=O) groups excluding carboxylic acids is 1. The zero-order chi connectivity index (χ0) is 9.14. The quantitative estimate of drug-likeness (QED) is 0.670. The zero-order valence-corrected chi connectivity index (χ0v) is 7.90. The molecule has 0 aliphatic rings. The number of hydrogen-bond donors (Lipinski definition) is 0. The van der Waals surface area contributed by atoms with Gasteiger partial charge in [-0.25, -0.2) is 0 Å². The molecule has 4 nitrogen and oxygen atoms in total. The lowest BCUT2D eigenvalue weighted by Gasteiger charge is -1.98. The van der Waals surface area contributed by atoms with Gasteiger partial charge in [0, 0.05) is 11.5 Å². The van der Waals surface area contributed by atoms with Gasteiger partial charge in [0.25, 0.3) is 0 Å². The van der Waals surface area contributed by atoms with Crippen LogP contribution >= 0.6 is 11.5 Å². The van der Waals surface area contributed by atoms with Gasteiger partial charge in [-0.1, -0.05) is 0 Å². The smallest absolute Gasteiger partial charge is 0.239 e. The summed E-state index contributed by atoms with van der Waals surface area (Å²) in [7, 11) is 2.97. The third-order valence-electron chi connectivity index (χ3n) is 1.36. The third kappa shape index (κ3) is 1.40. The molecule has 66 valence electrons. The summed E-state index contributed by atoms with van der Waals surface area (Å²) in [6.07, 6.45) is 0. The van der Waals surface area contributed by atoms with Gasteiger partial charge in [-0.15, -0.1) is 0 Å². The SMILES string of the molecule is COc1nsc(OC)c1C(C)=O. The highest BCUT2D eigenvalue weighted by Gasteiger charge is 2.18. The lowest BCUT2D eigenvalue weighted by molar-refractivity contribution is 0.101. The van der Waals surface area contributed by atoms with E-state index in [1.807, 2.05) is 0 Å². The highest BCUT2D eigenvalue weighted by molar-refractivity contribution is 7.08. The molecule has 0 bridgehead atoms. The van der Waals surface area contributed by atoms with Crippen molar-refractivity contribution in [2.75, 3.05) is 14.2 Å². The number of nitrogens with zero attached hydrogens (tertiary/aromatic N) is 1. The van der Waals surface area contributed by atoms with Crippen molar-refractivity contribution in [2.45, 2.75) is 6.92 Å². The molecule has 0 aromatic carbocycles. The number of Topliss-reactive ketones (excluding diaryl/α,β-unsaturated/α-hetero) is 1. The summed E-state index contributed by atoms with van der Waals surface area (Å²) >= 11 is 1.11. The molecule has 0 N–H and O–H groups in total. The Morgan fingerprint density at radius 1 is 1.42 bits per heavy atom. The second-order valence-electron chi connectivity index (χ2n) is 2.11. The highest BCUT2D eigenvalue weighted by Crippen LogP contribution is 2.32. The molecule has 0 unspecified atom stereocenters. The second kappa shape index (κ2) is 3.53. The Morgan fingerprint density at radius 3 is 2.50 bits per heavy atom. The van der Waals surface area contributed by atoms with Crippen molar-refractivity contribution in [3.05, 3.63) is 5.56 Å². The van der Waals surface area contributed by atoms with Crippen LogP contribution in [0.4, 0.5) is 0 Å². The number of ether oxygens (including phenoxy) is 2. The first-order valence-corrected chi connectivity index (χ1v) is 4.06. The van der Waals surface area contributed by atoms with Crippen LogP contribution in [0.2, 0.25) is 0 Å². The van der Waals surface area contributed by atoms with Gasteiger partial charge in [-0.3, -0.25) is 4.79 Å². The molecule has 1 aromatic heterocycles. The van der Waals surface area contributed by atoms with E-state index >= 15 is 0 Å². The van der Waals surface area contributed by atoms with Crippen LogP contribution in [0.15, 0.2) is 0 Å². The van der Waals surface area contributed by atoms with Crippen molar-refractivity contribution >= 4 is 17.3 Å². The third-order valence-corrected chi connectivity index (χ3v) is 2.15. The summed E-state index contributed by atoms with van der Waals surface area (Å²) in [5.74, 6) is 0.238. The Balaban J connectivity index is 3.16. The predicted octanol–water partition coefficient (Wildman–Crippen LogP) is 1.36. The van der Waals surface area contributed by atoms with Gasteiger partial charge in [-0.05, 0) is 6.92 Å². The fourth-order valence-corrected chi connectivity index (χ4v) is 1.56. The summed E-state index contributed by atoms with van der Waals surface area (Å²) in [4.78, 5) is 11.1. The number of aromatic nitrogens is 1. The first-order valence-electron chi connectivity index (χ1n) is 3.29. The molecule has 0 saturated carbocycles. The minimum atomic E-state index is -0.0996. The Bertz CT molecular complexity index is 273. The fourth-order valence-electron chi connectivity index (χ4n) is 0.834. The van der Waals surface area contributed by atoms with Crippen molar-refractivity contribution in [3.8, 4) is 10.9 Å². The van der Waals surface area contributed by atoms with E-state index < -0.39 is 0 Å².